The van der Waals surface area contributed by atoms with E-state index in [0.717, 1.165) is 16.8 Å². The normalized spacial score (nSPS) is 14.4. The first-order chi connectivity index (χ1) is 16.9. The summed E-state index contributed by atoms with van der Waals surface area (Å²) < 4.78 is 21.0. The molecule has 176 valence electrons. The number of carbonyl (C=O) groups excluding carboxylic acids is 1. The number of carbonyl (C=O) groups is 1. The molecule has 1 N–H and O–H groups in total. The summed E-state index contributed by atoms with van der Waals surface area (Å²) in [6.07, 6.45) is -0.0170. The Morgan fingerprint density at radius 1 is 1.11 bits per heavy atom. The van der Waals surface area contributed by atoms with E-state index in [1.807, 2.05) is 41.8 Å². The Bertz CT molecular complexity index is 1450. The first kappa shape index (κ1) is 22.7. The number of aromatic nitrogens is 3. The predicted molar refractivity (Wildman–Crippen MR) is 132 cm³/mol. The maximum atomic E-state index is 13.6. The van der Waals surface area contributed by atoms with E-state index in [1.54, 1.807) is 25.3 Å². The number of ether oxygens (including phenoxy) is 1. The smallest absolute Gasteiger partial charge is 0.227 e. The molecule has 0 radical (unpaired) electrons. The van der Waals surface area contributed by atoms with Crippen LogP contribution in [-0.2, 0) is 4.79 Å². The van der Waals surface area contributed by atoms with E-state index >= 15 is 0 Å². The molecule has 9 heteroatoms. The van der Waals surface area contributed by atoms with E-state index < -0.39 is 11.9 Å². The molecule has 1 amide bonds. The van der Waals surface area contributed by atoms with E-state index in [4.69, 9.17) is 21.3 Å². The summed E-state index contributed by atoms with van der Waals surface area (Å²) in [7, 11) is 1.60. The fourth-order valence-corrected chi connectivity index (χ4v) is 4.26. The van der Waals surface area contributed by atoms with Gasteiger partial charge in [-0.2, -0.15) is 0 Å². The summed E-state index contributed by atoms with van der Waals surface area (Å²) in [5.74, 6) is 1.11. The Balaban J connectivity index is 1.62. The molecule has 1 aliphatic rings. The van der Waals surface area contributed by atoms with Crippen LogP contribution in [0.15, 0.2) is 71.7 Å². The highest BCUT2D eigenvalue weighted by atomic mass is 35.5. The van der Waals surface area contributed by atoms with Crippen LogP contribution in [0.2, 0.25) is 5.02 Å². The fourth-order valence-electron chi connectivity index (χ4n) is 4.13. The van der Waals surface area contributed by atoms with Crippen LogP contribution in [0.4, 0.5) is 10.1 Å². The van der Waals surface area contributed by atoms with Crippen LogP contribution in [0.25, 0.3) is 5.69 Å². The fraction of sp³-hybridized carbons (Fsp3) is 0.154. The number of nitrogens with one attached hydrogen (secondary N) is 1. The first-order valence-electron chi connectivity index (χ1n) is 10.9. The Morgan fingerprint density at radius 2 is 1.91 bits per heavy atom. The monoisotopic (exact) mass is 489 g/mol. The molecule has 35 heavy (non-hydrogen) atoms. The summed E-state index contributed by atoms with van der Waals surface area (Å²) in [6, 6.07) is 18.1. The minimum Gasteiger partial charge on any atom is -0.497 e. The third-order valence-electron chi connectivity index (χ3n) is 5.74. The highest BCUT2D eigenvalue weighted by Gasteiger charge is 2.30. The predicted octanol–water partition coefficient (Wildman–Crippen LogP) is 5.30. The number of methoxy groups -OCH3 is 1. The van der Waals surface area contributed by atoms with Gasteiger partial charge in [0.15, 0.2) is 5.82 Å². The molecule has 1 atom stereocenters. The van der Waals surface area contributed by atoms with Gasteiger partial charge in [0.05, 0.1) is 24.9 Å². The number of hydrogen-bond acceptors (Lipinski definition) is 5. The van der Waals surface area contributed by atoms with Gasteiger partial charge in [-0.3, -0.25) is 14.4 Å². The van der Waals surface area contributed by atoms with Crippen molar-refractivity contribution in [1.29, 1.82) is 0 Å². The second kappa shape index (κ2) is 9.31. The highest BCUT2D eigenvalue weighted by Crippen LogP contribution is 2.34. The van der Waals surface area contributed by atoms with Gasteiger partial charge in [0, 0.05) is 21.8 Å². The molecule has 4 aromatic rings. The van der Waals surface area contributed by atoms with Gasteiger partial charge in [-0.25, -0.2) is 4.39 Å². The summed E-state index contributed by atoms with van der Waals surface area (Å²) in [5.41, 5.74) is 3.50. The van der Waals surface area contributed by atoms with Crippen molar-refractivity contribution in [3.8, 4) is 11.4 Å². The van der Waals surface area contributed by atoms with Gasteiger partial charge in [0.25, 0.3) is 0 Å². The maximum absolute atomic E-state index is 13.6. The third kappa shape index (κ3) is 4.52. The second-order valence-corrected chi connectivity index (χ2v) is 8.52. The molecule has 1 aromatic heterocycles. The average molecular weight is 490 g/mol. The van der Waals surface area contributed by atoms with Crippen molar-refractivity contribution in [3.05, 3.63) is 100 Å². The summed E-state index contributed by atoms with van der Waals surface area (Å²) in [5, 5.41) is 12.0. The first-order valence-corrected chi connectivity index (χ1v) is 11.3. The molecule has 0 saturated carbocycles. The Hall–Kier alpha value is -4.04. The van der Waals surface area contributed by atoms with Gasteiger partial charge in [-0.15, -0.1) is 10.2 Å². The molecule has 7 nitrogen and oxygen atoms in total. The van der Waals surface area contributed by atoms with E-state index in [9.17, 15) is 9.18 Å². The lowest BCUT2D eigenvalue weighted by atomic mass is 10.00. The number of aryl methyl sites for hydroxylation is 1. The summed E-state index contributed by atoms with van der Waals surface area (Å²) in [6.45, 7) is 1.85. The number of aliphatic imine (C=N–C) groups is 1. The molecule has 0 fully saturated rings. The largest absolute Gasteiger partial charge is 0.497 e. The van der Waals surface area contributed by atoms with Crippen LogP contribution in [0.1, 0.15) is 35.2 Å². The Morgan fingerprint density at radius 3 is 2.66 bits per heavy atom. The molecule has 2 heterocycles. The zero-order valence-corrected chi connectivity index (χ0v) is 19.8. The van der Waals surface area contributed by atoms with Crippen molar-refractivity contribution < 1.29 is 13.9 Å². The van der Waals surface area contributed by atoms with Crippen LogP contribution in [-0.4, -0.2) is 33.5 Å². The van der Waals surface area contributed by atoms with Gasteiger partial charge in [0.1, 0.15) is 23.4 Å². The lowest BCUT2D eigenvalue weighted by molar-refractivity contribution is -0.116. The quantitative estimate of drug-likeness (QED) is 0.412. The number of benzene rings is 3. The number of nitrogens with zero attached hydrogens (tertiary/aromatic N) is 4. The van der Waals surface area contributed by atoms with Crippen LogP contribution in [0.3, 0.4) is 0 Å². The van der Waals surface area contributed by atoms with Gasteiger partial charge in [0.2, 0.25) is 5.91 Å². The van der Waals surface area contributed by atoms with Crippen LogP contribution in [0.5, 0.6) is 5.75 Å². The van der Waals surface area contributed by atoms with Crippen molar-refractivity contribution >= 4 is 28.9 Å². The average Bonchev–Trinajstić information content (AvgIpc) is 3.17. The minimum atomic E-state index is -0.645. The lowest BCUT2D eigenvalue weighted by Crippen LogP contribution is -2.17. The van der Waals surface area contributed by atoms with Gasteiger partial charge in [-0.1, -0.05) is 29.8 Å². The number of fused-ring (bicyclic) bond motifs is 3. The molecule has 0 saturated heterocycles. The van der Waals surface area contributed by atoms with Crippen molar-refractivity contribution in [2.24, 2.45) is 4.99 Å². The Kier molecular flexibility index (Phi) is 6.05. The van der Waals surface area contributed by atoms with E-state index in [1.165, 1.54) is 18.2 Å². The lowest BCUT2D eigenvalue weighted by Gasteiger charge is -2.14. The SMILES string of the molecule is COc1ccc2c(c1)C(c1ccc(Cl)cc1)=NC(CC(=O)Nc1cccc(F)c1)c1nnc(C)n1-2. The van der Waals surface area contributed by atoms with Crippen molar-refractivity contribution in [1.82, 2.24) is 14.8 Å². The number of anilines is 1. The van der Waals surface area contributed by atoms with Crippen LogP contribution in [0, 0.1) is 12.7 Å². The van der Waals surface area contributed by atoms with Crippen LogP contribution >= 0.6 is 11.6 Å². The van der Waals surface area contributed by atoms with Gasteiger partial charge in [-0.05, 0) is 55.5 Å². The number of halogens is 2. The molecule has 0 bridgehead atoms. The number of hydrogen-bond donors (Lipinski definition) is 1. The molecule has 3 aromatic carbocycles. The van der Waals surface area contributed by atoms with Crippen molar-refractivity contribution in [2.75, 3.05) is 12.4 Å². The molecular formula is C26H21ClFN5O2. The van der Waals surface area contributed by atoms with Gasteiger partial charge < -0.3 is 10.1 Å². The zero-order valence-electron chi connectivity index (χ0n) is 19.0. The van der Waals surface area contributed by atoms with Crippen molar-refractivity contribution in [3.63, 3.8) is 0 Å². The summed E-state index contributed by atoms with van der Waals surface area (Å²) >= 11 is 6.13. The Labute approximate surface area is 206 Å². The maximum Gasteiger partial charge on any atom is 0.227 e. The van der Waals surface area contributed by atoms with Gasteiger partial charge >= 0.3 is 0 Å². The molecule has 0 aliphatic carbocycles. The number of rotatable bonds is 5. The summed E-state index contributed by atoms with van der Waals surface area (Å²) in [4.78, 5) is 18.0. The molecule has 5 rings (SSSR count). The minimum absolute atomic E-state index is 0.0170. The number of amides is 1. The molecule has 1 aliphatic heterocycles. The molecule has 1 unspecified atom stereocenters. The molecular weight excluding hydrogens is 469 g/mol. The standard InChI is InChI=1S/C26H21ClFN5O2/c1-15-31-32-26-22(14-24(34)29-19-5-3-4-18(28)12-19)30-25(16-6-8-17(27)9-7-16)21-13-20(35-2)10-11-23(21)33(15)26/h3-13,22H,14H2,1-2H3,(H,29,34). The third-order valence-corrected chi connectivity index (χ3v) is 5.99. The topological polar surface area (TPSA) is 81.4 Å². The van der Waals surface area contributed by atoms with E-state index in [0.29, 0.717) is 33.8 Å². The second-order valence-electron chi connectivity index (χ2n) is 8.09. The van der Waals surface area contributed by atoms with Crippen molar-refractivity contribution in [2.45, 2.75) is 19.4 Å². The zero-order chi connectivity index (χ0) is 24.5. The highest BCUT2D eigenvalue weighted by molar-refractivity contribution is 6.30. The van der Waals surface area contributed by atoms with E-state index in [2.05, 4.69) is 15.5 Å². The van der Waals surface area contributed by atoms with E-state index in [-0.39, 0.29) is 12.3 Å². The molecule has 0 spiro atoms. The van der Waals surface area contributed by atoms with Crippen LogP contribution < -0.4 is 10.1 Å².